The molecular weight excluding hydrogens is 384 g/mol. The molecule has 0 bridgehead atoms. The van der Waals surface area contributed by atoms with Crippen LogP contribution in [-0.4, -0.2) is 51.6 Å². The average molecular weight is 411 g/mol. The summed E-state index contributed by atoms with van der Waals surface area (Å²) in [5.74, 6) is 1.70. The summed E-state index contributed by atoms with van der Waals surface area (Å²) in [4.78, 5) is 15.8. The SMILES string of the molecule is CSc1ccc(CCNC(=O)CCc2nnc3ccc(N4CCCC4)nn23)cc1. The van der Waals surface area contributed by atoms with Gasteiger partial charge in [0.1, 0.15) is 5.82 Å². The predicted octanol–water partition coefficient (Wildman–Crippen LogP) is 2.74. The second-order valence-corrected chi connectivity index (χ2v) is 8.10. The molecule has 0 saturated carbocycles. The number of hydrogen-bond acceptors (Lipinski definition) is 6. The standard InChI is InChI=1S/C21H26N6OS/c1-29-17-6-4-16(5-7-17)12-13-22-21(28)11-10-19-24-23-18-8-9-20(25-27(18)19)26-14-2-3-15-26/h4-9H,2-3,10-15H2,1H3,(H,22,28). The van der Waals surface area contributed by atoms with Crippen LogP contribution in [0.1, 0.15) is 30.7 Å². The molecule has 1 amide bonds. The number of fused-ring (bicyclic) bond motifs is 1. The van der Waals surface area contributed by atoms with Gasteiger partial charge in [-0.1, -0.05) is 12.1 Å². The highest BCUT2D eigenvalue weighted by Gasteiger charge is 2.16. The van der Waals surface area contributed by atoms with E-state index < -0.39 is 0 Å². The number of hydrogen-bond donors (Lipinski definition) is 1. The van der Waals surface area contributed by atoms with Crippen molar-refractivity contribution in [1.82, 2.24) is 25.1 Å². The Morgan fingerprint density at radius 3 is 2.62 bits per heavy atom. The van der Waals surface area contributed by atoms with Gasteiger partial charge in [0, 0.05) is 37.4 Å². The van der Waals surface area contributed by atoms with E-state index in [1.54, 1.807) is 16.3 Å². The minimum Gasteiger partial charge on any atom is -0.356 e. The quantitative estimate of drug-likeness (QED) is 0.576. The summed E-state index contributed by atoms with van der Waals surface area (Å²) in [5, 5.41) is 16.1. The first kappa shape index (κ1) is 19.7. The van der Waals surface area contributed by atoms with Gasteiger partial charge in [-0.3, -0.25) is 4.79 Å². The summed E-state index contributed by atoms with van der Waals surface area (Å²) < 4.78 is 1.77. The topological polar surface area (TPSA) is 75.4 Å². The monoisotopic (exact) mass is 410 g/mol. The van der Waals surface area contributed by atoms with Crippen molar-refractivity contribution in [3.8, 4) is 0 Å². The minimum atomic E-state index is 0.0261. The van der Waals surface area contributed by atoms with Crippen LogP contribution in [0, 0.1) is 0 Å². The van der Waals surface area contributed by atoms with E-state index in [9.17, 15) is 4.79 Å². The molecule has 29 heavy (non-hydrogen) atoms. The lowest BCUT2D eigenvalue weighted by Gasteiger charge is -2.15. The third-order valence-corrected chi connectivity index (χ3v) is 5.96. The van der Waals surface area contributed by atoms with E-state index in [2.05, 4.69) is 50.9 Å². The third kappa shape index (κ3) is 4.87. The maximum atomic E-state index is 12.2. The molecule has 152 valence electrons. The van der Waals surface area contributed by atoms with Crippen molar-refractivity contribution in [2.45, 2.75) is 37.0 Å². The van der Waals surface area contributed by atoms with Crippen LogP contribution in [-0.2, 0) is 17.6 Å². The molecule has 4 rings (SSSR count). The lowest BCUT2D eigenvalue weighted by Crippen LogP contribution is -2.26. The summed E-state index contributed by atoms with van der Waals surface area (Å²) in [6, 6.07) is 12.4. The number of rotatable bonds is 8. The molecule has 0 atom stereocenters. The van der Waals surface area contributed by atoms with Crippen molar-refractivity contribution in [2.24, 2.45) is 0 Å². The largest absolute Gasteiger partial charge is 0.356 e. The summed E-state index contributed by atoms with van der Waals surface area (Å²) in [5.41, 5.74) is 1.95. The van der Waals surface area contributed by atoms with Gasteiger partial charge < -0.3 is 10.2 Å². The molecule has 2 aromatic heterocycles. The van der Waals surface area contributed by atoms with E-state index in [1.807, 2.05) is 12.1 Å². The van der Waals surface area contributed by atoms with Crippen LogP contribution in [0.15, 0.2) is 41.3 Å². The number of nitrogens with zero attached hydrogens (tertiary/aromatic N) is 5. The van der Waals surface area contributed by atoms with Crippen LogP contribution in [0.25, 0.3) is 5.65 Å². The molecular formula is C21H26N6OS. The van der Waals surface area contributed by atoms with Gasteiger partial charge in [0.25, 0.3) is 0 Å². The highest BCUT2D eigenvalue weighted by atomic mass is 32.2. The number of aryl methyl sites for hydroxylation is 1. The first-order chi connectivity index (χ1) is 14.2. The smallest absolute Gasteiger partial charge is 0.220 e. The molecule has 1 aliphatic heterocycles. The minimum absolute atomic E-state index is 0.0261. The molecule has 0 radical (unpaired) electrons. The fourth-order valence-corrected chi connectivity index (χ4v) is 3.95. The summed E-state index contributed by atoms with van der Waals surface area (Å²) in [6.45, 7) is 2.71. The van der Waals surface area contributed by atoms with Gasteiger partial charge >= 0.3 is 0 Å². The Hall–Kier alpha value is -2.61. The van der Waals surface area contributed by atoms with Crippen molar-refractivity contribution >= 4 is 29.1 Å². The van der Waals surface area contributed by atoms with E-state index >= 15 is 0 Å². The molecule has 1 aliphatic rings. The lowest BCUT2D eigenvalue weighted by atomic mass is 10.1. The van der Waals surface area contributed by atoms with Gasteiger partial charge in [0.2, 0.25) is 5.91 Å². The number of carbonyl (C=O) groups is 1. The Labute approximate surface area is 174 Å². The Balaban J connectivity index is 1.29. The fraction of sp³-hybridized carbons (Fsp3) is 0.429. The van der Waals surface area contributed by atoms with E-state index in [0.717, 1.165) is 36.8 Å². The first-order valence-electron chi connectivity index (χ1n) is 10.1. The maximum absolute atomic E-state index is 12.2. The highest BCUT2D eigenvalue weighted by molar-refractivity contribution is 7.98. The van der Waals surface area contributed by atoms with E-state index in [4.69, 9.17) is 5.10 Å². The number of amides is 1. The van der Waals surface area contributed by atoms with Gasteiger partial charge in [0.05, 0.1) is 0 Å². The number of aromatic nitrogens is 4. The fourth-order valence-electron chi connectivity index (χ4n) is 3.55. The molecule has 3 aromatic rings. The predicted molar refractivity (Wildman–Crippen MR) is 115 cm³/mol. The zero-order chi connectivity index (χ0) is 20.1. The third-order valence-electron chi connectivity index (χ3n) is 5.21. The van der Waals surface area contributed by atoms with Crippen LogP contribution in [0.4, 0.5) is 5.82 Å². The van der Waals surface area contributed by atoms with Gasteiger partial charge in [-0.25, -0.2) is 0 Å². The molecule has 3 heterocycles. The summed E-state index contributed by atoms with van der Waals surface area (Å²) in [6.07, 6.45) is 6.20. The molecule has 8 heteroatoms. The second-order valence-electron chi connectivity index (χ2n) is 7.22. The molecule has 1 N–H and O–H groups in total. The number of carbonyl (C=O) groups excluding carboxylic acids is 1. The Morgan fingerprint density at radius 2 is 1.86 bits per heavy atom. The molecule has 0 aliphatic carbocycles. The van der Waals surface area contributed by atoms with Crippen molar-refractivity contribution in [3.63, 3.8) is 0 Å². The highest BCUT2D eigenvalue weighted by Crippen LogP contribution is 2.18. The average Bonchev–Trinajstić information content (AvgIpc) is 3.42. The van der Waals surface area contributed by atoms with E-state index in [1.165, 1.54) is 23.3 Å². The van der Waals surface area contributed by atoms with Crippen molar-refractivity contribution in [3.05, 3.63) is 47.8 Å². The van der Waals surface area contributed by atoms with Crippen molar-refractivity contribution in [1.29, 1.82) is 0 Å². The zero-order valence-corrected chi connectivity index (χ0v) is 17.5. The molecule has 1 saturated heterocycles. The Morgan fingerprint density at radius 1 is 1.07 bits per heavy atom. The van der Waals surface area contributed by atoms with Crippen LogP contribution in [0.2, 0.25) is 0 Å². The Kier molecular flexibility index (Phi) is 6.29. The maximum Gasteiger partial charge on any atom is 0.220 e. The van der Waals surface area contributed by atoms with Gasteiger partial charge in [-0.05, 0) is 55.3 Å². The number of thioether (sulfide) groups is 1. The summed E-state index contributed by atoms with van der Waals surface area (Å²) in [7, 11) is 0. The first-order valence-corrected chi connectivity index (χ1v) is 11.3. The van der Waals surface area contributed by atoms with E-state index in [-0.39, 0.29) is 5.91 Å². The normalized spacial score (nSPS) is 13.9. The number of anilines is 1. The lowest BCUT2D eigenvalue weighted by molar-refractivity contribution is -0.121. The second kappa shape index (κ2) is 9.26. The Bertz CT molecular complexity index is 965. The number of benzene rings is 1. The molecule has 1 fully saturated rings. The molecule has 0 spiro atoms. The van der Waals surface area contributed by atoms with Gasteiger partial charge in [0.15, 0.2) is 11.5 Å². The van der Waals surface area contributed by atoms with Crippen LogP contribution < -0.4 is 10.2 Å². The molecule has 7 nitrogen and oxygen atoms in total. The van der Waals surface area contributed by atoms with Crippen LogP contribution in [0.3, 0.4) is 0 Å². The summed E-state index contributed by atoms with van der Waals surface area (Å²) >= 11 is 1.73. The van der Waals surface area contributed by atoms with Crippen LogP contribution in [0.5, 0.6) is 0 Å². The molecule has 1 aromatic carbocycles. The van der Waals surface area contributed by atoms with E-state index in [0.29, 0.717) is 19.4 Å². The van der Waals surface area contributed by atoms with Gasteiger partial charge in [-0.15, -0.1) is 27.1 Å². The van der Waals surface area contributed by atoms with Crippen molar-refractivity contribution in [2.75, 3.05) is 30.8 Å². The van der Waals surface area contributed by atoms with Crippen LogP contribution >= 0.6 is 11.8 Å². The number of nitrogens with one attached hydrogen (secondary N) is 1. The van der Waals surface area contributed by atoms with Crippen molar-refractivity contribution < 1.29 is 4.79 Å². The zero-order valence-electron chi connectivity index (χ0n) is 16.7. The van der Waals surface area contributed by atoms with Gasteiger partial charge in [-0.2, -0.15) is 4.52 Å². The molecule has 0 unspecified atom stereocenters.